The van der Waals surface area contributed by atoms with Gasteiger partial charge >= 0.3 is 0 Å². The van der Waals surface area contributed by atoms with Crippen molar-refractivity contribution in [3.63, 3.8) is 0 Å². The second-order valence-electron chi connectivity index (χ2n) is 10.7. The van der Waals surface area contributed by atoms with Crippen LogP contribution in [-0.2, 0) is 9.59 Å². The minimum Gasteiger partial charge on any atom is -0.493 e. The molecule has 0 saturated carbocycles. The average Bonchev–Trinajstić information content (AvgIpc) is 3.14. The number of halogens is 1. The number of carbonyl (C=O) groups is 3. The van der Waals surface area contributed by atoms with Crippen molar-refractivity contribution in [2.75, 3.05) is 32.0 Å². The largest absolute Gasteiger partial charge is 0.493 e. The van der Waals surface area contributed by atoms with Crippen LogP contribution in [0.1, 0.15) is 26.7 Å². The summed E-state index contributed by atoms with van der Waals surface area (Å²) in [7, 11) is 4.45. The van der Waals surface area contributed by atoms with Gasteiger partial charge in [-0.3, -0.25) is 14.4 Å². The number of rotatable bonds is 13. The zero-order valence-electron chi connectivity index (χ0n) is 27.4. The Balaban J connectivity index is 1.42. The van der Waals surface area contributed by atoms with Gasteiger partial charge in [0.05, 0.1) is 21.3 Å². The van der Waals surface area contributed by atoms with Crippen LogP contribution in [0.5, 0.6) is 17.2 Å². The molecule has 3 amide bonds. The molecule has 254 valence electrons. The normalized spacial score (nSPS) is 11.6. The van der Waals surface area contributed by atoms with Crippen LogP contribution in [0.3, 0.4) is 0 Å². The van der Waals surface area contributed by atoms with Crippen molar-refractivity contribution in [1.29, 1.82) is 0 Å². The van der Waals surface area contributed by atoms with Gasteiger partial charge in [-0.1, -0.05) is 54.6 Å². The maximum absolute atomic E-state index is 13.8. The molecule has 0 aliphatic carbocycles. The van der Waals surface area contributed by atoms with Gasteiger partial charge in [0.1, 0.15) is 16.8 Å². The Labute approximate surface area is 293 Å². The molecule has 0 heterocycles. The van der Waals surface area contributed by atoms with E-state index in [1.807, 2.05) is 36.4 Å². The van der Waals surface area contributed by atoms with E-state index in [0.29, 0.717) is 44.6 Å². The van der Waals surface area contributed by atoms with Crippen LogP contribution in [0.25, 0.3) is 6.08 Å². The number of thioether (sulfide) groups is 1. The molecule has 0 aliphatic heterocycles. The molecule has 3 N–H and O–H groups in total. The van der Waals surface area contributed by atoms with Crippen LogP contribution in [0.15, 0.2) is 132 Å². The van der Waals surface area contributed by atoms with Gasteiger partial charge in [-0.25, -0.2) is 4.39 Å². The summed E-state index contributed by atoms with van der Waals surface area (Å²) < 4.78 is 29.8. The first kappa shape index (κ1) is 35.2. The number of methoxy groups -OCH3 is 3. The highest BCUT2D eigenvalue weighted by atomic mass is 32.2. The molecule has 0 radical (unpaired) electrons. The molecule has 0 spiro atoms. The molecule has 0 aliphatic rings. The third kappa shape index (κ3) is 9.09. The molecule has 1 unspecified atom stereocenters. The predicted octanol–water partition coefficient (Wildman–Crippen LogP) is 7.73. The van der Waals surface area contributed by atoms with Gasteiger partial charge in [0.2, 0.25) is 11.7 Å². The topological polar surface area (TPSA) is 115 Å². The van der Waals surface area contributed by atoms with Crippen LogP contribution >= 0.6 is 11.8 Å². The first-order chi connectivity index (χ1) is 24.3. The third-order valence-corrected chi connectivity index (χ3v) is 8.57. The van der Waals surface area contributed by atoms with E-state index in [1.165, 1.54) is 63.4 Å². The summed E-state index contributed by atoms with van der Waals surface area (Å²) >= 11 is 1.28. The second kappa shape index (κ2) is 16.8. The highest BCUT2D eigenvalue weighted by Crippen LogP contribution is 2.39. The van der Waals surface area contributed by atoms with Crippen molar-refractivity contribution in [3.8, 4) is 17.2 Å². The maximum atomic E-state index is 13.8. The number of anilines is 2. The van der Waals surface area contributed by atoms with Crippen LogP contribution in [0.2, 0.25) is 0 Å². The van der Waals surface area contributed by atoms with Crippen molar-refractivity contribution in [2.24, 2.45) is 0 Å². The molecule has 5 aromatic rings. The lowest BCUT2D eigenvalue weighted by atomic mass is 10.1. The molecular weight excluding hydrogens is 658 g/mol. The molecule has 5 aromatic carbocycles. The molecule has 0 bridgehead atoms. The van der Waals surface area contributed by atoms with Crippen LogP contribution in [0, 0.1) is 5.82 Å². The second-order valence-corrected chi connectivity index (χ2v) is 11.9. The van der Waals surface area contributed by atoms with Gasteiger partial charge in [-0.05, 0) is 83.9 Å². The Morgan fingerprint density at radius 2 is 1.34 bits per heavy atom. The van der Waals surface area contributed by atoms with Crippen LogP contribution in [-0.4, -0.2) is 39.1 Å². The Morgan fingerprint density at radius 1 is 0.700 bits per heavy atom. The zero-order chi connectivity index (χ0) is 35.5. The van der Waals surface area contributed by atoms with Gasteiger partial charge in [0, 0.05) is 21.8 Å². The van der Waals surface area contributed by atoms with Gasteiger partial charge in [0.15, 0.2) is 11.5 Å². The minimum atomic E-state index is -0.673. The molecule has 0 aromatic heterocycles. The number of nitrogens with one attached hydrogen (secondary N) is 3. The number of ether oxygens (including phenoxy) is 3. The first-order valence-electron chi connectivity index (χ1n) is 15.4. The van der Waals surface area contributed by atoms with E-state index in [9.17, 15) is 18.8 Å². The number of hydrogen-bond donors (Lipinski definition) is 3. The molecule has 0 saturated heterocycles. The average molecular weight is 692 g/mol. The monoisotopic (exact) mass is 691 g/mol. The van der Waals surface area contributed by atoms with E-state index in [2.05, 4.69) is 16.0 Å². The summed E-state index contributed by atoms with van der Waals surface area (Å²) in [5.41, 5.74) is 2.46. The van der Waals surface area contributed by atoms with E-state index in [0.717, 1.165) is 5.56 Å². The molecular formula is C39H34FN3O6S. The number of carbonyl (C=O) groups excluding carboxylic acids is 3. The Kier molecular flexibility index (Phi) is 11.9. The van der Waals surface area contributed by atoms with Crippen molar-refractivity contribution < 1.29 is 33.0 Å². The molecule has 11 heteroatoms. The highest BCUT2D eigenvalue weighted by molar-refractivity contribution is 8.00. The summed E-state index contributed by atoms with van der Waals surface area (Å²) in [4.78, 5) is 41.2. The third-order valence-electron chi connectivity index (χ3n) is 7.32. The van der Waals surface area contributed by atoms with Crippen molar-refractivity contribution in [3.05, 3.63) is 150 Å². The smallest absolute Gasteiger partial charge is 0.272 e. The minimum absolute atomic E-state index is 0.0491. The van der Waals surface area contributed by atoms with Crippen molar-refractivity contribution >= 4 is 46.9 Å². The fourth-order valence-electron chi connectivity index (χ4n) is 4.92. The van der Waals surface area contributed by atoms with Crippen LogP contribution in [0.4, 0.5) is 15.8 Å². The summed E-state index contributed by atoms with van der Waals surface area (Å²) in [6.07, 6.45) is 1.50. The van der Waals surface area contributed by atoms with E-state index >= 15 is 0 Å². The summed E-state index contributed by atoms with van der Waals surface area (Å²) in [6.45, 7) is 0. The quantitative estimate of drug-likeness (QED) is 0.0855. The Morgan fingerprint density at radius 3 is 1.96 bits per heavy atom. The van der Waals surface area contributed by atoms with Crippen molar-refractivity contribution in [2.45, 2.75) is 10.1 Å². The molecule has 5 rings (SSSR count). The molecule has 9 nitrogen and oxygen atoms in total. The zero-order valence-corrected chi connectivity index (χ0v) is 28.3. The van der Waals surface area contributed by atoms with Gasteiger partial charge in [-0.2, -0.15) is 0 Å². The standard InChI is InChI=1S/C39H34FN3O6S/c1-47-33-22-25(23-34(48-2)35(33)49-3)21-32(43-37(44)27-13-8-5-9-14-27)38(45)42-30-15-10-16-31(24-30)50-36(26-11-6-4-7-12-26)39(46)41-29-19-17-28(40)18-20-29/h4-24,36H,1-3H3,(H,41,46)(H,42,45)(H,43,44)/b32-21+. The summed E-state index contributed by atoms with van der Waals surface area (Å²) in [5, 5.41) is 7.78. The Bertz CT molecular complexity index is 1960. The molecule has 0 fully saturated rings. The maximum Gasteiger partial charge on any atom is 0.272 e. The lowest BCUT2D eigenvalue weighted by Gasteiger charge is -2.18. The highest BCUT2D eigenvalue weighted by Gasteiger charge is 2.23. The lowest BCUT2D eigenvalue weighted by Crippen LogP contribution is -2.30. The molecule has 50 heavy (non-hydrogen) atoms. The number of hydrogen-bond acceptors (Lipinski definition) is 7. The van der Waals surface area contributed by atoms with Crippen molar-refractivity contribution in [1.82, 2.24) is 5.32 Å². The number of amides is 3. The summed E-state index contributed by atoms with van der Waals surface area (Å²) in [6, 6.07) is 33.6. The fraction of sp³-hybridized carbons (Fsp3) is 0.103. The SMILES string of the molecule is COc1cc(/C=C(/NC(=O)c2ccccc2)C(=O)Nc2cccc(SC(C(=O)Nc3ccc(F)cc3)c3ccccc3)c2)cc(OC)c1OC. The first-order valence-corrected chi connectivity index (χ1v) is 16.2. The Hall–Kier alpha value is -6.07. The van der Waals surface area contributed by atoms with E-state index in [4.69, 9.17) is 14.2 Å². The van der Waals surface area contributed by atoms with Gasteiger partial charge in [0.25, 0.3) is 11.8 Å². The van der Waals surface area contributed by atoms with Crippen LogP contribution < -0.4 is 30.2 Å². The summed E-state index contributed by atoms with van der Waals surface area (Å²) in [5.74, 6) is -0.679. The predicted molar refractivity (Wildman–Crippen MR) is 193 cm³/mol. The van der Waals surface area contributed by atoms with E-state index in [-0.39, 0.29) is 11.6 Å². The lowest BCUT2D eigenvalue weighted by molar-refractivity contribution is -0.116. The van der Waals surface area contributed by atoms with Gasteiger partial charge in [-0.15, -0.1) is 11.8 Å². The van der Waals surface area contributed by atoms with E-state index in [1.54, 1.807) is 60.7 Å². The van der Waals surface area contributed by atoms with Gasteiger partial charge < -0.3 is 30.2 Å². The number of benzene rings is 5. The van der Waals surface area contributed by atoms with E-state index < -0.39 is 22.9 Å². The molecule has 1 atom stereocenters. The fourth-order valence-corrected chi connectivity index (χ4v) is 6.00.